The smallest absolute Gasteiger partial charge is 0.151 e. The summed E-state index contributed by atoms with van der Waals surface area (Å²) in [5, 5.41) is 0. The van der Waals surface area contributed by atoms with Crippen LogP contribution in [0.15, 0.2) is 54.9 Å². The lowest BCUT2D eigenvalue weighted by Gasteiger charge is -2.26. The third-order valence-electron chi connectivity index (χ3n) is 5.84. The number of ether oxygens (including phenoxy) is 1. The molecule has 0 amide bonds. The molecular weight excluding hydrogens is 393 g/mol. The van der Waals surface area contributed by atoms with Gasteiger partial charge >= 0.3 is 0 Å². The van der Waals surface area contributed by atoms with Crippen molar-refractivity contribution in [3.63, 3.8) is 0 Å². The Morgan fingerprint density at radius 1 is 1.16 bits per heavy atom. The monoisotopic (exact) mass is 417 g/mol. The Labute approximate surface area is 179 Å². The summed E-state index contributed by atoms with van der Waals surface area (Å²) >= 11 is 0. The number of methoxy groups -OCH3 is 1. The summed E-state index contributed by atoms with van der Waals surface area (Å²) in [6, 6.07) is 12.8. The third-order valence-corrected chi connectivity index (χ3v) is 5.84. The van der Waals surface area contributed by atoms with Crippen LogP contribution in [0.3, 0.4) is 0 Å². The second kappa shape index (κ2) is 7.35. The first-order valence-corrected chi connectivity index (χ1v) is 10.3. The number of pyridine rings is 1. The van der Waals surface area contributed by atoms with Crippen LogP contribution in [0.25, 0.3) is 33.5 Å². The van der Waals surface area contributed by atoms with E-state index in [1.54, 1.807) is 19.4 Å². The maximum atomic E-state index is 14.3. The minimum atomic E-state index is -0.353. The second-order valence-electron chi connectivity index (χ2n) is 8.36. The Hall–Kier alpha value is -3.45. The zero-order valence-electron chi connectivity index (χ0n) is 17.5. The number of aromatic amines is 1. The molecule has 3 N–H and O–H groups in total. The summed E-state index contributed by atoms with van der Waals surface area (Å²) in [4.78, 5) is 14.6. The summed E-state index contributed by atoms with van der Waals surface area (Å²) in [6.07, 6.45) is 4.50. The molecule has 0 radical (unpaired) electrons. The van der Waals surface area contributed by atoms with E-state index >= 15 is 0 Å². The van der Waals surface area contributed by atoms with E-state index in [2.05, 4.69) is 26.8 Å². The highest BCUT2D eigenvalue weighted by molar-refractivity contribution is 5.91. The van der Waals surface area contributed by atoms with E-state index in [4.69, 9.17) is 10.5 Å². The molecule has 0 spiro atoms. The van der Waals surface area contributed by atoms with Gasteiger partial charge in [-0.2, -0.15) is 0 Å². The van der Waals surface area contributed by atoms with Crippen molar-refractivity contribution in [2.45, 2.75) is 18.9 Å². The van der Waals surface area contributed by atoms with E-state index in [1.807, 2.05) is 36.5 Å². The molecule has 1 aliphatic rings. The molecule has 31 heavy (non-hydrogen) atoms. The van der Waals surface area contributed by atoms with Gasteiger partial charge in [0.2, 0.25) is 0 Å². The highest BCUT2D eigenvalue weighted by Crippen LogP contribution is 2.41. The number of imidazole rings is 1. The lowest BCUT2D eigenvalue weighted by atomic mass is 10.0. The van der Waals surface area contributed by atoms with Gasteiger partial charge in [-0.25, -0.2) is 9.37 Å². The predicted molar refractivity (Wildman–Crippen MR) is 121 cm³/mol. The van der Waals surface area contributed by atoms with Gasteiger partial charge in [-0.15, -0.1) is 0 Å². The van der Waals surface area contributed by atoms with E-state index in [-0.39, 0.29) is 11.4 Å². The molecule has 2 aromatic carbocycles. The molecule has 4 aromatic rings. The van der Waals surface area contributed by atoms with E-state index in [1.165, 1.54) is 6.07 Å². The number of nitrogens with zero attached hydrogens (tertiary/aromatic N) is 3. The number of anilines is 1. The number of hydrogen-bond acceptors (Lipinski definition) is 5. The zero-order chi connectivity index (χ0) is 21.6. The van der Waals surface area contributed by atoms with Gasteiger partial charge in [0.25, 0.3) is 0 Å². The summed E-state index contributed by atoms with van der Waals surface area (Å²) in [7, 11) is 1.65. The van der Waals surface area contributed by atoms with E-state index in [0.717, 1.165) is 41.1 Å². The minimum absolute atomic E-state index is 0.286. The van der Waals surface area contributed by atoms with Crippen LogP contribution in [0.1, 0.15) is 13.3 Å². The molecule has 1 unspecified atom stereocenters. The molecule has 7 heteroatoms. The number of H-pyrrole nitrogens is 1. The molecule has 158 valence electrons. The number of rotatable bonds is 4. The Kier molecular flexibility index (Phi) is 4.63. The van der Waals surface area contributed by atoms with Crippen LogP contribution in [0.4, 0.5) is 10.1 Å². The van der Waals surface area contributed by atoms with Crippen LogP contribution in [-0.4, -0.2) is 40.7 Å². The van der Waals surface area contributed by atoms with Gasteiger partial charge in [-0.05, 0) is 43.2 Å². The van der Waals surface area contributed by atoms with Gasteiger partial charge < -0.3 is 20.4 Å². The van der Waals surface area contributed by atoms with Gasteiger partial charge in [0.05, 0.1) is 23.9 Å². The van der Waals surface area contributed by atoms with E-state index < -0.39 is 0 Å². The Morgan fingerprint density at radius 3 is 2.71 bits per heavy atom. The van der Waals surface area contributed by atoms with Gasteiger partial charge in [0.1, 0.15) is 17.1 Å². The SMILES string of the molecule is COc1cccc(-c2cncc(-c3nc4c(F)cccc4[nH]3)c2N2CCC(C)(N)C2)c1. The standard InChI is InChI=1S/C24H24FN5O/c1-24(26)9-10-30(14-24)22-17(15-5-3-6-16(11-15)31-2)12-27-13-18(22)23-28-20-8-4-7-19(25)21(20)29-23/h3-8,11-13H,9-10,14,26H2,1-2H3,(H,28,29). The minimum Gasteiger partial charge on any atom is -0.497 e. The Morgan fingerprint density at radius 2 is 1.97 bits per heavy atom. The Bertz CT molecular complexity index is 1270. The normalized spacial score (nSPS) is 18.6. The maximum Gasteiger partial charge on any atom is 0.151 e. The zero-order valence-corrected chi connectivity index (χ0v) is 17.5. The lowest BCUT2D eigenvalue weighted by Crippen LogP contribution is -2.39. The largest absolute Gasteiger partial charge is 0.497 e. The number of hydrogen-bond donors (Lipinski definition) is 2. The van der Waals surface area contributed by atoms with Crippen LogP contribution in [-0.2, 0) is 0 Å². The molecule has 6 nitrogen and oxygen atoms in total. The fourth-order valence-electron chi connectivity index (χ4n) is 4.27. The quantitative estimate of drug-likeness (QED) is 0.516. The number of aromatic nitrogens is 3. The van der Waals surface area contributed by atoms with Gasteiger partial charge in [0, 0.05) is 36.6 Å². The van der Waals surface area contributed by atoms with E-state index in [9.17, 15) is 4.39 Å². The van der Waals surface area contributed by atoms with E-state index in [0.29, 0.717) is 23.4 Å². The molecule has 5 rings (SSSR count). The molecule has 3 heterocycles. The molecule has 0 bridgehead atoms. The molecule has 2 aromatic heterocycles. The molecule has 1 aliphatic heterocycles. The Balaban J connectivity index is 1.73. The van der Waals surface area contributed by atoms with Crippen molar-refractivity contribution in [3.05, 3.63) is 60.7 Å². The van der Waals surface area contributed by atoms with Gasteiger partial charge in [-0.3, -0.25) is 4.98 Å². The number of halogens is 1. The summed E-state index contributed by atoms with van der Waals surface area (Å²) in [5.74, 6) is 0.997. The lowest BCUT2D eigenvalue weighted by molar-refractivity contribution is 0.415. The van der Waals surface area contributed by atoms with Crippen molar-refractivity contribution in [1.29, 1.82) is 0 Å². The third kappa shape index (κ3) is 3.51. The fraction of sp³-hybridized carbons (Fsp3) is 0.250. The number of para-hydroxylation sites is 1. The van der Waals surface area contributed by atoms with Crippen molar-refractivity contribution < 1.29 is 9.13 Å². The molecule has 0 saturated carbocycles. The molecule has 1 saturated heterocycles. The topological polar surface area (TPSA) is 80.1 Å². The fourth-order valence-corrected chi connectivity index (χ4v) is 4.27. The number of benzene rings is 2. The summed E-state index contributed by atoms with van der Waals surface area (Å²) in [6.45, 7) is 3.58. The first-order valence-electron chi connectivity index (χ1n) is 10.3. The number of nitrogens with one attached hydrogen (secondary N) is 1. The van der Waals surface area contributed by atoms with Crippen molar-refractivity contribution >= 4 is 16.7 Å². The van der Waals surface area contributed by atoms with Crippen LogP contribution >= 0.6 is 0 Å². The van der Waals surface area contributed by atoms with Crippen molar-refractivity contribution in [2.75, 3.05) is 25.1 Å². The number of nitrogens with two attached hydrogens (primary N) is 1. The number of fused-ring (bicyclic) bond motifs is 1. The molecular formula is C24H24FN5O. The molecule has 0 aliphatic carbocycles. The van der Waals surface area contributed by atoms with Crippen molar-refractivity contribution in [3.8, 4) is 28.3 Å². The maximum absolute atomic E-state index is 14.3. The summed E-state index contributed by atoms with van der Waals surface area (Å²) in [5.41, 5.74) is 10.9. The average molecular weight is 417 g/mol. The highest BCUT2D eigenvalue weighted by Gasteiger charge is 2.33. The average Bonchev–Trinajstić information content (AvgIpc) is 3.37. The van der Waals surface area contributed by atoms with Crippen LogP contribution in [0, 0.1) is 5.82 Å². The molecule has 1 atom stereocenters. The second-order valence-corrected chi connectivity index (χ2v) is 8.36. The van der Waals surface area contributed by atoms with Crippen LogP contribution in [0.5, 0.6) is 5.75 Å². The van der Waals surface area contributed by atoms with Gasteiger partial charge in [0.15, 0.2) is 5.82 Å². The summed E-state index contributed by atoms with van der Waals surface area (Å²) < 4.78 is 19.7. The van der Waals surface area contributed by atoms with Crippen molar-refractivity contribution in [1.82, 2.24) is 15.0 Å². The predicted octanol–water partition coefficient (Wildman–Crippen LogP) is 4.37. The first kappa shape index (κ1) is 19.5. The van der Waals surface area contributed by atoms with Crippen LogP contribution < -0.4 is 15.4 Å². The highest BCUT2D eigenvalue weighted by atomic mass is 19.1. The van der Waals surface area contributed by atoms with Crippen LogP contribution in [0.2, 0.25) is 0 Å². The first-order chi connectivity index (χ1) is 14.9. The van der Waals surface area contributed by atoms with Crippen molar-refractivity contribution in [2.24, 2.45) is 5.73 Å². The van der Waals surface area contributed by atoms with Gasteiger partial charge in [-0.1, -0.05) is 18.2 Å². The molecule has 1 fully saturated rings.